The van der Waals surface area contributed by atoms with Gasteiger partial charge >= 0.3 is 0 Å². The summed E-state index contributed by atoms with van der Waals surface area (Å²) in [7, 11) is 3.42. The standard InChI is InChI=1S/C16H21N2P/c1-18-8-6-12(7-9-18)14-10-17-15-5-3-4-13(11-19-2)16(14)15/h3-5,10,12,17H,2,6-9,11H2,1H3. The quantitative estimate of drug-likeness (QED) is 0.841. The van der Waals surface area contributed by atoms with E-state index in [0.717, 1.165) is 6.16 Å². The van der Waals surface area contributed by atoms with Crippen molar-refractivity contribution in [1.29, 1.82) is 0 Å². The van der Waals surface area contributed by atoms with Crippen LogP contribution < -0.4 is 0 Å². The Morgan fingerprint density at radius 3 is 2.89 bits per heavy atom. The Labute approximate surface area is 116 Å². The van der Waals surface area contributed by atoms with Crippen molar-refractivity contribution in [3.63, 3.8) is 0 Å². The fourth-order valence-corrected chi connectivity index (χ4v) is 3.69. The Morgan fingerprint density at radius 1 is 1.37 bits per heavy atom. The summed E-state index contributed by atoms with van der Waals surface area (Å²) in [6.45, 7) is 2.43. The first-order chi connectivity index (χ1) is 9.29. The maximum absolute atomic E-state index is 3.98. The third-order valence-corrected chi connectivity index (χ3v) is 4.83. The number of aromatic nitrogens is 1. The van der Waals surface area contributed by atoms with Crippen LogP contribution in [0.2, 0.25) is 0 Å². The molecule has 1 aliphatic rings. The number of nitrogens with one attached hydrogen (secondary N) is 1. The summed E-state index contributed by atoms with van der Waals surface area (Å²) < 4.78 is 0. The third kappa shape index (κ3) is 2.48. The van der Waals surface area contributed by atoms with Crippen LogP contribution in [-0.2, 0) is 6.16 Å². The molecule has 0 saturated carbocycles. The lowest BCUT2D eigenvalue weighted by Crippen LogP contribution is -2.29. The Hall–Kier alpha value is -1.11. The monoisotopic (exact) mass is 272 g/mol. The van der Waals surface area contributed by atoms with Gasteiger partial charge in [-0.3, -0.25) is 0 Å². The van der Waals surface area contributed by atoms with Gasteiger partial charge in [-0.15, -0.1) is 8.20 Å². The number of nitrogens with zero attached hydrogens (tertiary/aromatic N) is 1. The normalized spacial score (nSPS) is 18.4. The molecule has 0 spiro atoms. The van der Waals surface area contributed by atoms with Crippen LogP contribution in [0.25, 0.3) is 10.9 Å². The van der Waals surface area contributed by atoms with E-state index in [-0.39, 0.29) is 0 Å². The van der Waals surface area contributed by atoms with Crippen molar-refractivity contribution in [3.05, 3.63) is 35.5 Å². The number of aromatic amines is 1. The van der Waals surface area contributed by atoms with Crippen LogP contribution in [0.3, 0.4) is 0 Å². The topological polar surface area (TPSA) is 19.0 Å². The molecule has 0 amide bonds. The lowest BCUT2D eigenvalue weighted by atomic mass is 9.88. The minimum atomic E-state index is 0.715. The first-order valence-corrected chi connectivity index (χ1v) is 8.26. The molecule has 2 nitrogen and oxygen atoms in total. The fraction of sp³-hybridized carbons (Fsp3) is 0.438. The molecule has 1 saturated heterocycles. The Morgan fingerprint density at radius 2 is 2.16 bits per heavy atom. The zero-order chi connectivity index (χ0) is 13.2. The molecule has 3 heteroatoms. The van der Waals surface area contributed by atoms with Crippen molar-refractivity contribution in [2.45, 2.75) is 24.9 Å². The second-order valence-corrected chi connectivity index (χ2v) is 6.31. The second kappa shape index (κ2) is 5.48. The van der Waals surface area contributed by atoms with Gasteiger partial charge in [0.25, 0.3) is 0 Å². The van der Waals surface area contributed by atoms with Crippen LogP contribution in [-0.4, -0.2) is 36.3 Å². The molecule has 2 aromatic rings. The fourth-order valence-electron chi connectivity index (χ4n) is 3.18. The zero-order valence-electron chi connectivity index (χ0n) is 11.5. The van der Waals surface area contributed by atoms with Gasteiger partial charge in [0.1, 0.15) is 0 Å². The van der Waals surface area contributed by atoms with Crippen LogP contribution in [0, 0.1) is 0 Å². The van der Waals surface area contributed by atoms with E-state index in [4.69, 9.17) is 0 Å². The molecule has 3 rings (SSSR count). The summed E-state index contributed by atoms with van der Waals surface area (Å²) >= 11 is 0. The van der Waals surface area contributed by atoms with E-state index in [9.17, 15) is 0 Å². The SMILES string of the molecule is C=PCc1cccc2[nH]cc(C3CCN(C)CC3)c12. The number of hydrogen-bond acceptors (Lipinski definition) is 1. The van der Waals surface area contributed by atoms with Crippen molar-refractivity contribution in [3.8, 4) is 0 Å². The van der Waals surface area contributed by atoms with Gasteiger partial charge in [0.05, 0.1) is 0 Å². The van der Waals surface area contributed by atoms with Crippen LogP contribution >= 0.6 is 8.20 Å². The highest BCUT2D eigenvalue weighted by Crippen LogP contribution is 2.35. The highest BCUT2D eigenvalue weighted by molar-refractivity contribution is 7.35. The number of benzene rings is 1. The number of rotatable bonds is 3. The zero-order valence-corrected chi connectivity index (χ0v) is 12.4. The van der Waals surface area contributed by atoms with E-state index in [1.807, 2.05) is 0 Å². The second-order valence-electron chi connectivity index (χ2n) is 5.54. The lowest BCUT2D eigenvalue weighted by molar-refractivity contribution is 0.256. The predicted molar refractivity (Wildman–Crippen MR) is 85.5 cm³/mol. The van der Waals surface area contributed by atoms with E-state index in [1.54, 1.807) is 0 Å². The van der Waals surface area contributed by atoms with Crippen molar-refractivity contribution in [1.82, 2.24) is 9.88 Å². The third-order valence-electron chi connectivity index (χ3n) is 4.26. The summed E-state index contributed by atoms with van der Waals surface area (Å²) in [6, 6.07) is 6.60. The van der Waals surface area contributed by atoms with Crippen molar-refractivity contribution in [2.24, 2.45) is 0 Å². The van der Waals surface area contributed by atoms with Crippen LogP contribution in [0.15, 0.2) is 24.4 Å². The molecule has 1 N–H and O–H groups in total. The van der Waals surface area contributed by atoms with Gasteiger partial charge in [0.2, 0.25) is 0 Å². The van der Waals surface area contributed by atoms with E-state index >= 15 is 0 Å². The number of H-pyrrole nitrogens is 1. The highest BCUT2D eigenvalue weighted by atomic mass is 31.1. The van der Waals surface area contributed by atoms with Crippen molar-refractivity contribution < 1.29 is 0 Å². The lowest BCUT2D eigenvalue weighted by Gasteiger charge is -2.29. The van der Waals surface area contributed by atoms with E-state index in [0.29, 0.717) is 5.92 Å². The maximum Gasteiger partial charge on any atom is 0.0459 e. The molecule has 1 aromatic heterocycles. The Kier molecular flexibility index (Phi) is 3.72. The molecule has 1 aromatic carbocycles. The molecule has 2 heterocycles. The van der Waals surface area contributed by atoms with Gasteiger partial charge in [0.15, 0.2) is 0 Å². The Bertz CT molecular complexity index is 579. The summed E-state index contributed by atoms with van der Waals surface area (Å²) in [6.07, 6.45) is 9.83. The summed E-state index contributed by atoms with van der Waals surface area (Å²) in [5, 5.41) is 1.47. The van der Waals surface area contributed by atoms with Gasteiger partial charge in [-0.2, -0.15) is 0 Å². The average molecular weight is 272 g/mol. The van der Waals surface area contributed by atoms with Crippen LogP contribution in [0.5, 0.6) is 0 Å². The molecular formula is C16H21N2P. The van der Waals surface area contributed by atoms with Gasteiger partial charge in [0, 0.05) is 23.3 Å². The van der Waals surface area contributed by atoms with Gasteiger partial charge in [-0.25, -0.2) is 0 Å². The van der Waals surface area contributed by atoms with E-state index < -0.39 is 0 Å². The highest BCUT2D eigenvalue weighted by Gasteiger charge is 2.21. The predicted octanol–water partition coefficient (Wildman–Crippen LogP) is 3.86. The maximum atomic E-state index is 3.98. The molecular weight excluding hydrogens is 251 g/mol. The minimum absolute atomic E-state index is 0.715. The number of hydrogen-bond donors (Lipinski definition) is 1. The summed E-state index contributed by atoms with van der Waals surface area (Å²) in [4.78, 5) is 5.89. The molecule has 0 radical (unpaired) electrons. The van der Waals surface area contributed by atoms with Crippen LogP contribution in [0.1, 0.15) is 29.9 Å². The molecule has 1 aliphatic heterocycles. The molecule has 0 atom stereocenters. The van der Waals surface area contributed by atoms with Gasteiger partial charge in [-0.05, 0) is 56.1 Å². The van der Waals surface area contributed by atoms with E-state index in [1.165, 1.54) is 56.2 Å². The number of fused-ring (bicyclic) bond motifs is 1. The molecule has 0 aliphatic carbocycles. The molecule has 0 bridgehead atoms. The smallest absolute Gasteiger partial charge is 0.0459 e. The Balaban J connectivity index is 2.01. The van der Waals surface area contributed by atoms with Crippen molar-refractivity contribution >= 4 is 25.4 Å². The molecule has 19 heavy (non-hydrogen) atoms. The minimum Gasteiger partial charge on any atom is -0.361 e. The largest absolute Gasteiger partial charge is 0.361 e. The first-order valence-electron chi connectivity index (χ1n) is 6.99. The molecule has 100 valence electrons. The first kappa shape index (κ1) is 12.9. The molecule has 1 fully saturated rings. The summed E-state index contributed by atoms with van der Waals surface area (Å²) in [5.41, 5.74) is 4.27. The van der Waals surface area contributed by atoms with Gasteiger partial charge < -0.3 is 9.88 Å². The average Bonchev–Trinajstić information content (AvgIpc) is 2.85. The number of likely N-dealkylation sites (tertiary alicyclic amines) is 1. The molecule has 0 unspecified atom stereocenters. The summed E-state index contributed by atoms with van der Waals surface area (Å²) in [5.74, 6) is 0.715. The van der Waals surface area contributed by atoms with Crippen LogP contribution in [0.4, 0.5) is 0 Å². The van der Waals surface area contributed by atoms with Gasteiger partial charge in [-0.1, -0.05) is 18.4 Å². The number of piperidine rings is 1. The van der Waals surface area contributed by atoms with Crippen molar-refractivity contribution in [2.75, 3.05) is 20.1 Å². The van der Waals surface area contributed by atoms with E-state index in [2.05, 4.69) is 47.6 Å².